The molecule has 1 atom stereocenters. The summed E-state index contributed by atoms with van der Waals surface area (Å²) < 4.78 is 14.2. The van der Waals surface area contributed by atoms with E-state index < -0.39 is 5.67 Å². The fourth-order valence-corrected chi connectivity index (χ4v) is 2.05. The quantitative estimate of drug-likeness (QED) is 0.854. The zero-order valence-corrected chi connectivity index (χ0v) is 10.8. The summed E-state index contributed by atoms with van der Waals surface area (Å²) in [6.07, 6.45) is 1.52. The Morgan fingerprint density at radius 3 is 2.50 bits per heavy atom. The fraction of sp³-hybridized carbons (Fsp3) is 0.500. The Balaban J connectivity index is 2.81. The highest BCUT2D eigenvalue weighted by molar-refractivity contribution is 6.42. The van der Waals surface area contributed by atoms with Crippen molar-refractivity contribution in [3.63, 3.8) is 0 Å². The molecular formula is C12H16Cl2FN. The van der Waals surface area contributed by atoms with Crippen molar-refractivity contribution < 1.29 is 4.39 Å². The van der Waals surface area contributed by atoms with Crippen LogP contribution in [0.5, 0.6) is 0 Å². The molecule has 0 spiro atoms. The SMILES string of the molecule is CCCC(F)(CN)Cc1ccc(Cl)c(Cl)c1. The first-order valence-electron chi connectivity index (χ1n) is 5.33. The summed E-state index contributed by atoms with van der Waals surface area (Å²) in [7, 11) is 0. The lowest BCUT2D eigenvalue weighted by atomic mass is 9.92. The molecule has 0 saturated carbocycles. The van der Waals surface area contributed by atoms with Crippen LogP contribution in [0.3, 0.4) is 0 Å². The third-order valence-corrected chi connectivity index (χ3v) is 3.31. The molecule has 1 nitrogen and oxygen atoms in total. The molecule has 0 aliphatic heterocycles. The van der Waals surface area contributed by atoms with Gasteiger partial charge in [0.1, 0.15) is 5.67 Å². The fourth-order valence-electron chi connectivity index (χ4n) is 1.73. The second kappa shape index (κ2) is 5.85. The number of halogens is 3. The van der Waals surface area contributed by atoms with Gasteiger partial charge in [-0.1, -0.05) is 42.6 Å². The second-order valence-corrected chi connectivity index (χ2v) is 4.84. The van der Waals surface area contributed by atoms with Crippen LogP contribution in [0.2, 0.25) is 10.0 Å². The molecule has 0 aromatic heterocycles. The molecular weight excluding hydrogens is 248 g/mol. The summed E-state index contributed by atoms with van der Waals surface area (Å²) in [6.45, 7) is 1.97. The summed E-state index contributed by atoms with van der Waals surface area (Å²) in [5.41, 5.74) is 4.96. The zero-order chi connectivity index (χ0) is 12.2. The molecule has 0 aliphatic rings. The Labute approximate surface area is 106 Å². The molecule has 0 aliphatic carbocycles. The smallest absolute Gasteiger partial charge is 0.127 e. The van der Waals surface area contributed by atoms with E-state index in [1.807, 2.05) is 6.92 Å². The molecule has 0 bridgehead atoms. The number of alkyl halides is 1. The van der Waals surface area contributed by atoms with Crippen molar-refractivity contribution in [2.75, 3.05) is 6.54 Å². The van der Waals surface area contributed by atoms with Gasteiger partial charge in [-0.25, -0.2) is 4.39 Å². The number of nitrogens with two attached hydrogens (primary N) is 1. The van der Waals surface area contributed by atoms with Crippen LogP contribution in [-0.2, 0) is 6.42 Å². The van der Waals surface area contributed by atoms with Gasteiger partial charge in [-0.3, -0.25) is 0 Å². The average molecular weight is 264 g/mol. The van der Waals surface area contributed by atoms with Gasteiger partial charge in [0.05, 0.1) is 10.0 Å². The van der Waals surface area contributed by atoms with Crippen LogP contribution in [0.4, 0.5) is 4.39 Å². The van der Waals surface area contributed by atoms with Gasteiger partial charge in [-0.2, -0.15) is 0 Å². The standard InChI is InChI=1S/C12H16Cl2FN/c1-2-5-12(15,8-16)7-9-3-4-10(13)11(14)6-9/h3-4,6H,2,5,7-8,16H2,1H3. The van der Waals surface area contributed by atoms with Gasteiger partial charge in [0.25, 0.3) is 0 Å². The minimum atomic E-state index is -1.34. The predicted octanol–water partition coefficient (Wildman–Crippen LogP) is 4.00. The van der Waals surface area contributed by atoms with Gasteiger partial charge < -0.3 is 5.73 Å². The largest absolute Gasteiger partial charge is 0.328 e. The molecule has 16 heavy (non-hydrogen) atoms. The van der Waals surface area contributed by atoms with Gasteiger partial charge in [0, 0.05) is 13.0 Å². The maximum Gasteiger partial charge on any atom is 0.127 e. The molecule has 1 unspecified atom stereocenters. The van der Waals surface area contributed by atoms with E-state index in [0.717, 1.165) is 12.0 Å². The van der Waals surface area contributed by atoms with Crippen LogP contribution in [-0.4, -0.2) is 12.2 Å². The summed E-state index contributed by atoms with van der Waals surface area (Å²) in [5, 5.41) is 0.938. The maximum atomic E-state index is 14.2. The van der Waals surface area contributed by atoms with Gasteiger partial charge in [0.2, 0.25) is 0 Å². The minimum Gasteiger partial charge on any atom is -0.328 e. The van der Waals surface area contributed by atoms with E-state index in [1.165, 1.54) is 0 Å². The Bertz CT molecular complexity index is 357. The van der Waals surface area contributed by atoms with Crippen molar-refractivity contribution in [1.82, 2.24) is 0 Å². The normalized spacial score (nSPS) is 14.8. The molecule has 4 heteroatoms. The molecule has 0 amide bonds. The molecule has 1 aromatic rings. The highest BCUT2D eigenvalue weighted by Crippen LogP contribution is 2.27. The average Bonchev–Trinajstić information content (AvgIpc) is 2.24. The van der Waals surface area contributed by atoms with Crippen LogP contribution in [0.25, 0.3) is 0 Å². The molecule has 0 fully saturated rings. The summed E-state index contributed by atoms with van der Waals surface area (Å²) in [6, 6.07) is 5.17. The highest BCUT2D eigenvalue weighted by Gasteiger charge is 2.27. The van der Waals surface area contributed by atoms with Crippen LogP contribution in [0, 0.1) is 0 Å². The van der Waals surface area contributed by atoms with E-state index in [-0.39, 0.29) is 13.0 Å². The third-order valence-electron chi connectivity index (χ3n) is 2.57. The van der Waals surface area contributed by atoms with Crippen molar-refractivity contribution >= 4 is 23.2 Å². The molecule has 0 heterocycles. The van der Waals surface area contributed by atoms with E-state index in [4.69, 9.17) is 28.9 Å². The second-order valence-electron chi connectivity index (χ2n) is 4.03. The summed E-state index contributed by atoms with van der Waals surface area (Å²) >= 11 is 11.7. The van der Waals surface area contributed by atoms with E-state index in [1.54, 1.807) is 18.2 Å². The van der Waals surface area contributed by atoms with Crippen molar-refractivity contribution in [2.24, 2.45) is 5.73 Å². The van der Waals surface area contributed by atoms with E-state index >= 15 is 0 Å². The van der Waals surface area contributed by atoms with Crippen LogP contribution >= 0.6 is 23.2 Å². The van der Waals surface area contributed by atoms with Crippen molar-refractivity contribution in [2.45, 2.75) is 31.9 Å². The van der Waals surface area contributed by atoms with E-state index in [9.17, 15) is 4.39 Å². The van der Waals surface area contributed by atoms with E-state index in [0.29, 0.717) is 16.5 Å². The van der Waals surface area contributed by atoms with Gasteiger partial charge >= 0.3 is 0 Å². The number of hydrogen-bond donors (Lipinski definition) is 1. The lowest BCUT2D eigenvalue weighted by Gasteiger charge is -2.23. The van der Waals surface area contributed by atoms with Gasteiger partial charge in [0.15, 0.2) is 0 Å². The molecule has 1 aromatic carbocycles. The molecule has 0 radical (unpaired) electrons. The van der Waals surface area contributed by atoms with Gasteiger partial charge in [-0.05, 0) is 24.1 Å². The number of hydrogen-bond acceptors (Lipinski definition) is 1. The van der Waals surface area contributed by atoms with Crippen molar-refractivity contribution in [1.29, 1.82) is 0 Å². The summed E-state index contributed by atoms with van der Waals surface area (Å²) in [5.74, 6) is 0. The first-order chi connectivity index (χ1) is 7.50. The Morgan fingerprint density at radius 1 is 1.31 bits per heavy atom. The molecule has 2 N–H and O–H groups in total. The number of benzene rings is 1. The molecule has 90 valence electrons. The predicted molar refractivity (Wildman–Crippen MR) is 68.0 cm³/mol. The Hall–Kier alpha value is -0.310. The lowest BCUT2D eigenvalue weighted by Crippen LogP contribution is -2.35. The first kappa shape index (κ1) is 13.8. The molecule has 0 saturated heterocycles. The van der Waals surface area contributed by atoms with Crippen LogP contribution < -0.4 is 5.73 Å². The lowest BCUT2D eigenvalue weighted by molar-refractivity contribution is 0.158. The highest BCUT2D eigenvalue weighted by atomic mass is 35.5. The van der Waals surface area contributed by atoms with Gasteiger partial charge in [-0.15, -0.1) is 0 Å². The Morgan fingerprint density at radius 2 is 2.00 bits per heavy atom. The first-order valence-corrected chi connectivity index (χ1v) is 6.09. The number of rotatable bonds is 5. The molecule has 1 rings (SSSR count). The topological polar surface area (TPSA) is 26.0 Å². The van der Waals surface area contributed by atoms with Crippen molar-refractivity contribution in [3.8, 4) is 0 Å². The monoisotopic (exact) mass is 263 g/mol. The van der Waals surface area contributed by atoms with Crippen LogP contribution in [0.15, 0.2) is 18.2 Å². The minimum absolute atomic E-state index is 0.0289. The van der Waals surface area contributed by atoms with Crippen molar-refractivity contribution in [3.05, 3.63) is 33.8 Å². The maximum absolute atomic E-state index is 14.2. The Kier molecular flexibility index (Phi) is 5.03. The van der Waals surface area contributed by atoms with Crippen LogP contribution in [0.1, 0.15) is 25.3 Å². The van der Waals surface area contributed by atoms with E-state index in [2.05, 4.69) is 0 Å². The third kappa shape index (κ3) is 3.62. The summed E-state index contributed by atoms with van der Waals surface area (Å²) in [4.78, 5) is 0. The zero-order valence-electron chi connectivity index (χ0n) is 9.27.